The minimum absolute atomic E-state index is 0.107. The molecule has 2 N–H and O–H groups in total. The predicted molar refractivity (Wildman–Crippen MR) is 60.6 cm³/mol. The molecule has 0 rings (SSSR count). The summed E-state index contributed by atoms with van der Waals surface area (Å²) in [6, 6.07) is 0. The Morgan fingerprint density at radius 2 is 2.20 bits per heavy atom. The van der Waals surface area contributed by atoms with Crippen molar-refractivity contribution in [2.45, 2.75) is 20.0 Å². The van der Waals surface area contributed by atoms with Crippen LogP contribution < -0.4 is 0 Å². The van der Waals surface area contributed by atoms with Crippen LogP contribution >= 0.6 is 7.60 Å². The molecular formula is C10H17O4P. The van der Waals surface area contributed by atoms with Crippen molar-refractivity contribution < 1.29 is 19.1 Å². The van der Waals surface area contributed by atoms with Crippen molar-refractivity contribution in [1.29, 1.82) is 0 Å². The molecule has 1 atom stereocenters. The molecule has 0 spiro atoms. The van der Waals surface area contributed by atoms with Crippen LogP contribution in [0.4, 0.5) is 0 Å². The second-order valence-electron chi connectivity index (χ2n) is 3.14. The third-order valence-corrected chi connectivity index (χ3v) is 2.04. The normalized spacial score (nSPS) is 15.6. The zero-order valence-electron chi connectivity index (χ0n) is 8.96. The summed E-state index contributed by atoms with van der Waals surface area (Å²) in [6.45, 7) is 7.56. The van der Waals surface area contributed by atoms with Crippen molar-refractivity contribution in [2.75, 3.05) is 6.61 Å². The predicted octanol–water partition coefficient (Wildman–Crippen LogP) is 2.22. The smallest absolute Gasteiger partial charge is 0.349 e. The van der Waals surface area contributed by atoms with E-state index < -0.39 is 7.60 Å². The number of hydrogen-bond donors (Lipinski definition) is 2. The van der Waals surface area contributed by atoms with Gasteiger partial charge in [0.15, 0.2) is 0 Å². The Kier molecular flexibility index (Phi) is 6.45. The van der Waals surface area contributed by atoms with E-state index in [2.05, 4.69) is 6.58 Å². The van der Waals surface area contributed by atoms with Crippen LogP contribution in [0.2, 0.25) is 0 Å². The van der Waals surface area contributed by atoms with Gasteiger partial charge in [-0.1, -0.05) is 23.8 Å². The summed E-state index contributed by atoms with van der Waals surface area (Å²) in [7, 11) is -4.06. The lowest BCUT2D eigenvalue weighted by molar-refractivity contribution is 0.123. The van der Waals surface area contributed by atoms with Crippen LogP contribution in [0, 0.1) is 0 Å². The van der Waals surface area contributed by atoms with E-state index in [0.29, 0.717) is 6.61 Å². The maximum Gasteiger partial charge on any atom is 0.349 e. The highest BCUT2D eigenvalue weighted by atomic mass is 31.2. The topological polar surface area (TPSA) is 66.8 Å². The van der Waals surface area contributed by atoms with E-state index in [1.807, 2.05) is 6.92 Å². The van der Waals surface area contributed by atoms with Gasteiger partial charge in [0.05, 0.1) is 12.7 Å². The molecule has 0 aromatic heterocycles. The monoisotopic (exact) mass is 232 g/mol. The molecule has 0 saturated carbocycles. The van der Waals surface area contributed by atoms with Gasteiger partial charge in [0.25, 0.3) is 0 Å². The van der Waals surface area contributed by atoms with Crippen LogP contribution in [-0.2, 0) is 9.30 Å². The summed E-state index contributed by atoms with van der Waals surface area (Å²) in [4.78, 5) is 17.2. The zero-order valence-corrected chi connectivity index (χ0v) is 9.85. The average Bonchev–Trinajstić information content (AvgIpc) is 2.10. The first-order chi connectivity index (χ1) is 6.85. The van der Waals surface area contributed by atoms with E-state index in [9.17, 15) is 4.57 Å². The van der Waals surface area contributed by atoms with Crippen LogP contribution in [0.3, 0.4) is 0 Å². The molecule has 0 aliphatic heterocycles. The molecule has 0 fully saturated rings. The standard InChI is InChI=1S/C10H17O4P/c1-4-6-14-10(3)8-9(2)5-7-15(11,12)13/h4-5,7-8,10H,1,6H2,2-3H3,(H2,11,12,13). The third kappa shape index (κ3) is 9.63. The first kappa shape index (κ1) is 14.3. The fourth-order valence-corrected chi connectivity index (χ4v) is 1.34. The molecule has 0 radical (unpaired) electrons. The molecule has 0 bridgehead atoms. The highest BCUT2D eigenvalue weighted by Crippen LogP contribution is 2.36. The Labute approximate surface area is 90.1 Å². The van der Waals surface area contributed by atoms with Gasteiger partial charge in [-0.3, -0.25) is 4.57 Å². The summed E-state index contributed by atoms with van der Waals surface area (Å²) in [5, 5.41) is 0. The van der Waals surface area contributed by atoms with E-state index in [4.69, 9.17) is 14.5 Å². The third-order valence-electron chi connectivity index (χ3n) is 1.51. The van der Waals surface area contributed by atoms with Gasteiger partial charge in [0.1, 0.15) is 0 Å². The van der Waals surface area contributed by atoms with E-state index in [1.54, 1.807) is 19.1 Å². The second-order valence-corrected chi connectivity index (χ2v) is 4.62. The van der Waals surface area contributed by atoms with Crippen molar-refractivity contribution in [3.05, 3.63) is 36.2 Å². The summed E-state index contributed by atoms with van der Waals surface area (Å²) in [6.07, 6.45) is 4.69. The molecule has 0 saturated heterocycles. The average molecular weight is 232 g/mol. The van der Waals surface area contributed by atoms with Gasteiger partial charge in [-0.15, -0.1) is 6.58 Å². The van der Waals surface area contributed by atoms with E-state index in [-0.39, 0.29) is 6.10 Å². The molecule has 0 amide bonds. The number of hydrogen-bond acceptors (Lipinski definition) is 2. The van der Waals surface area contributed by atoms with Crippen molar-refractivity contribution in [2.24, 2.45) is 0 Å². The Balaban J connectivity index is 4.25. The Morgan fingerprint density at radius 3 is 2.67 bits per heavy atom. The molecule has 1 unspecified atom stereocenters. The van der Waals surface area contributed by atoms with Crippen LogP contribution in [0.15, 0.2) is 36.2 Å². The van der Waals surface area contributed by atoms with Crippen LogP contribution in [0.25, 0.3) is 0 Å². The summed E-state index contributed by atoms with van der Waals surface area (Å²) >= 11 is 0. The van der Waals surface area contributed by atoms with E-state index in [1.165, 1.54) is 6.08 Å². The molecule has 0 aromatic rings. The SMILES string of the molecule is C=CCOC(C)C=C(C)C=CP(=O)(O)O. The quantitative estimate of drug-likeness (QED) is 0.418. The molecule has 86 valence electrons. The van der Waals surface area contributed by atoms with Crippen molar-refractivity contribution >= 4 is 7.60 Å². The van der Waals surface area contributed by atoms with E-state index >= 15 is 0 Å². The lowest BCUT2D eigenvalue weighted by Crippen LogP contribution is -2.04. The largest absolute Gasteiger partial charge is 0.370 e. The van der Waals surface area contributed by atoms with Crippen LogP contribution in [0.5, 0.6) is 0 Å². The first-order valence-electron chi connectivity index (χ1n) is 4.50. The fraction of sp³-hybridized carbons (Fsp3) is 0.400. The van der Waals surface area contributed by atoms with Gasteiger partial charge >= 0.3 is 7.60 Å². The minimum Gasteiger partial charge on any atom is -0.370 e. The fourth-order valence-electron chi connectivity index (χ4n) is 0.908. The first-order valence-corrected chi connectivity index (χ1v) is 6.18. The summed E-state index contributed by atoms with van der Waals surface area (Å²) < 4.78 is 15.8. The molecule has 15 heavy (non-hydrogen) atoms. The highest BCUT2D eigenvalue weighted by Gasteiger charge is 2.05. The Morgan fingerprint density at radius 1 is 1.60 bits per heavy atom. The summed E-state index contributed by atoms with van der Waals surface area (Å²) in [5.74, 6) is 0.874. The van der Waals surface area contributed by atoms with Crippen molar-refractivity contribution in [3.63, 3.8) is 0 Å². The zero-order chi connectivity index (χ0) is 11.9. The minimum atomic E-state index is -4.06. The summed E-state index contributed by atoms with van der Waals surface area (Å²) in [5.41, 5.74) is 0.745. The van der Waals surface area contributed by atoms with E-state index in [0.717, 1.165) is 11.4 Å². The van der Waals surface area contributed by atoms with Gasteiger partial charge in [-0.2, -0.15) is 0 Å². The van der Waals surface area contributed by atoms with Gasteiger partial charge in [0, 0.05) is 5.82 Å². The maximum atomic E-state index is 10.5. The van der Waals surface area contributed by atoms with Crippen molar-refractivity contribution in [3.8, 4) is 0 Å². The lowest BCUT2D eigenvalue weighted by atomic mass is 10.2. The van der Waals surface area contributed by atoms with Crippen molar-refractivity contribution in [1.82, 2.24) is 0 Å². The molecule has 5 heteroatoms. The molecule has 4 nitrogen and oxygen atoms in total. The Hall–Kier alpha value is -0.670. The molecule has 0 aliphatic rings. The van der Waals surface area contributed by atoms with Gasteiger partial charge in [0.2, 0.25) is 0 Å². The number of allylic oxidation sites excluding steroid dienone is 2. The molecule has 0 aromatic carbocycles. The Bertz CT molecular complexity index is 301. The maximum absolute atomic E-state index is 10.5. The lowest BCUT2D eigenvalue weighted by Gasteiger charge is -2.06. The molecule has 0 aliphatic carbocycles. The van der Waals surface area contributed by atoms with Gasteiger partial charge < -0.3 is 14.5 Å². The van der Waals surface area contributed by atoms with Gasteiger partial charge in [-0.05, 0) is 13.8 Å². The number of ether oxygens (including phenoxy) is 1. The molecule has 0 heterocycles. The highest BCUT2D eigenvalue weighted by molar-refractivity contribution is 7.55. The second kappa shape index (κ2) is 6.75. The van der Waals surface area contributed by atoms with Crippen LogP contribution in [-0.4, -0.2) is 22.5 Å². The van der Waals surface area contributed by atoms with Gasteiger partial charge in [-0.25, -0.2) is 0 Å². The van der Waals surface area contributed by atoms with Crippen LogP contribution in [0.1, 0.15) is 13.8 Å². The number of rotatable bonds is 6. The molecular weight excluding hydrogens is 215 g/mol.